The Morgan fingerprint density at radius 1 is 1.45 bits per heavy atom. The zero-order valence-electron chi connectivity index (χ0n) is 11.8. The number of nitrogens with two attached hydrogens (primary N) is 1. The molecule has 10 heteroatoms. The summed E-state index contributed by atoms with van der Waals surface area (Å²) in [6.45, 7) is 1.65. The second kappa shape index (κ2) is 5.63. The molecule has 4 N–H and O–H groups in total. The third kappa shape index (κ3) is 2.34. The number of aliphatic hydroxyl groups excluding tert-OH is 2. The Balaban J connectivity index is 2.00. The number of fused-ring (bicyclic) bond motifs is 1. The first-order chi connectivity index (χ1) is 10.5. The van der Waals surface area contributed by atoms with Crippen molar-refractivity contribution in [3.63, 3.8) is 0 Å². The van der Waals surface area contributed by atoms with Gasteiger partial charge in [-0.05, 0) is 6.92 Å². The molecule has 0 spiro atoms. The predicted molar refractivity (Wildman–Crippen MR) is 72.0 cm³/mol. The Morgan fingerprint density at radius 3 is 2.86 bits per heavy atom. The quantitative estimate of drug-likeness (QED) is 0.672. The van der Waals surface area contributed by atoms with Crippen molar-refractivity contribution in [1.29, 1.82) is 0 Å². The van der Waals surface area contributed by atoms with Gasteiger partial charge in [0.15, 0.2) is 6.17 Å². The molecular weight excluding hydrogens is 297 g/mol. The van der Waals surface area contributed by atoms with Gasteiger partial charge in [0, 0.05) is 6.20 Å². The molecule has 1 aliphatic heterocycles. The SMILES string of the molecule is CCOc1nc(N)nc2nc([C@@H]3O[C@H](CO)[C@@H](O)[C@H]3F)cn12. The minimum Gasteiger partial charge on any atom is -0.465 e. The summed E-state index contributed by atoms with van der Waals surface area (Å²) in [5, 5.41) is 18.8. The minimum absolute atomic E-state index is 0.0227. The third-order valence-corrected chi connectivity index (χ3v) is 3.40. The first-order valence-corrected chi connectivity index (χ1v) is 6.79. The van der Waals surface area contributed by atoms with E-state index in [9.17, 15) is 9.50 Å². The fourth-order valence-corrected chi connectivity index (χ4v) is 2.37. The Kier molecular flexibility index (Phi) is 3.81. The molecule has 22 heavy (non-hydrogen) atoms. The van der Waals surface area contributed by atoms with Gasteiger partial charge in [0.25, 0.3) is 0 Å². The van der Waals surface area contributed by atoms with E-state index in [-0.39, 0.29) is 23.4 Å². The van der Waals surface area contributed by atoms with Crippen LogP contribution in [0.1, 0.15) is 18.7 Å². The molecule has 2 aromatic rings. The molecule has 1 fully saturated rings. The van der Waals surface area contributed by atoms with E-state index >= 15 is 0 Å². The Hall–Kier alpha value is -2.04. The number of aromatic nitrogens is 4. The van der Waals surface area contributed by atoms with Crippen molar-refractivity contribution >= 4 is 11.7 Å². The number of aliphatic hydroxyl groups is 2. The molecule has 1 aliphatic rings. The van der Waals surface area contributed by atoms with E-state index in [1.54, 1.807) is 6.92 Å². The van der Waals surface area contributed by atoms with Crippen LogP contribution in [0.25, 0.3) is 5.78 Å². The van der Waals surface area contributed by atoms with Gasteiger partial charge in [0.1, 0.15) is 18.3 Å². The maximum atomic E-state index is 14.1. The molecule has 9 nitrogen and oxygen atoms in total. The van der Waals surface area contributed by atoms with E-state index in [1.807, 2.05) is 0 Å². The largest absolute Gasteiger partial charge is 0.465 e. The molecule has 0 radical (unpaired) electrons. The number of ether oxygens (including phenoxy) is 2. The van der Waals surface area contributed by atoms with Crippen LogP contribution in [0.15, 0.2) is 6.20 Å². The van der Waals surface area contributed by atoms with E-state index in [4.69, 9.17) is 20.3 Å². The van der Waals surface area contributed by atoms with Gasteiger partial charge in [-0.2, -0.15) is 9.97 Å². The standard InChI is InChI=1S/C12H16FN5O4/c1-2-21-12-17-10(14)16-11-15-5(3-18(11)12)9-7(13)8(20)6(4-19)22-9/h3,6-9,19-20H,2,4H2,1H3,(H2,14,15,16)/t6-,7-,8-,9+/m1/s1. The summed E-state index contributed by atoms with van der Waals surface area (Å²) in [7, 11) is 0. The Morgan fingerprint density at radius 2 is 2.23 bits per heavy atom. The van der Waals surface area contributed by atoms with Crippen molar-refractivity contribution in [3.8, 4) is 6.01 Å². The van der Waals surface area contributed by atoms with E-state index in [0.29, 0.717) is 6.61 Å². The second-order valence-corrected chi connectivity index (χ2v) is 4.85. The molecule has 0 amide bonds. The summed E-state index contributed by atoms with van der Waals surface area (Å²) in [5.41, 5.74) is 5.79. The average molecular weight is 313 g/mol. The molecule has 0 aliphatic carbocycles. The van der Waals surface area contributed by atoms with Crippen molar-refractivity contribution in [3.05, 3.63) is 11.9 Å². The summed E-state index contributed by atoms with van der Waals surface area (Å²) < 4.78 is 26.2. The highest BCUT2D eigenvalue weighted by molar-refractivity contribution is 5.39. The van der Waals surface area contributed by atoms with Crippen LogP contribution in [0.3, 0.4) is 0 Å². The van der Waals surface area contributed by atoms with Crippen LogP contribution in [0.5, 0.6) is 6.01 Å². The second-order valence-electron chi connectivity index (χ2n) is 4.85. The molecule has 120 valence electrons. The average Bonchev–Trinajstić information content (AvgIpc) is 3.02. The minimum atomic E-state index is -1.71. The van der Waals surface area contributed by atoms with Crippen LogP contribution >= 0.6 is 0 Å². The molecule has 0 bridgehead atoms. The van der Waals surface area contributed by atoms with Crippen molar-refractivity contribution in [1.82, 2.24) is 19.4 Å². The van der Waals surface area contributed by atoms with Gasteiger partial charge in [-0.3, -0.25) is 0 Å². The number of hydrogen-bond donors (Lipinski definition) is 3. The number of alkyl halides is 1. The molecule has 3 heterocycles. The van der Waals surface area contributed by atoms with Crippen molar-refractivity contribution < 1.29 is 24.1 Å². The smallest absolute Gasteiger partial charge is 0.306 e. The van der Waals surface area contributed by atoms with E-state index < -0.39 is 31.1 Å². The number of nitrogen functional groups attached to an aromatic ring is 1. The summed E-state index contributed by atoms with van der Waals surface area (Å²) in [6.07, 6.45) is -3.76. The molecular formula is C12H16FN5O4. The number of imidazole rings is 1. The van der Waals surface area contributed by atoms with Gasteiger partial charge in [-0.25, -0.2) is 13.8 Å². The maximum Gasteiger partial charge on any atom is 0.306 e. The molecule has 4 atom stereocenters. The number of rotatable bonds is 4. The monoisotopic (exact) mass is 313 g/mol. The summed E-state index contributed by atoms with van der Waals surface area (Å²) in [4.78, 5) is 12.0. The highest BCUT2D eigenvalue weighted by Gasteiger charge is 2.45. The Labute approximate surface area is 124 Å². The molecule has 3 rings (SSSR count). The van der Waals surface area contributed by atoms with Gasteiger partial charge in [0.2, 0.25) is 11.7 Å². The number of hydrogen-bond acceptors (Lipinski definition) is 8. The lowest BCUT2D eigenvalue weighted by atomic mass is 10.1. The van der Waals surface area contributed by atoms with E-state index in [0.717, 1.165) is 0 Å². The maximum absolute atomic E-state index is 14.1. The first-order valence-electron chi connectivity index (χ1n) is 6.79. The fraction of sp³-hybridized carbons (Fsp3) is 0.583. The summed E-state index contributed by atoms with van der Waals surface area (Å²) in [6, 6.07) is 0.177. The van der Waals surface area contributed by atoms with Crippen LogP contribution in [-0.4, -0.2) is 61.2 Å². The lowest BCUT2D eigenvalue weighted by Gasteiger charge is -2.09. The highest BCUT2D eigenvalue weighted by Crippen LogP contribution is 2.35. The molecule has 2 aromatic heterocycles. The van der Waals surface area contributed by atoms with Crippen molar-refractivity contribution in [2.75, 3.05) is 18.9 Å². The van der Waals surface area contributed by atoms with Gasteiger partial charge in [0.05, 0.1) is 18.9 Å². The van der Waals surface area contributed by atoms with Gasteiger partial charge in [-0.1, -0.05) is 0 Å². The summed E-state index contributed by atoms with van der Waals surface area (Å²) >= 11 is 0. The molecule has 1 saturated heterocycles. The van der Waals surface area contributed by atoms with E-state index in [2.05, 4.69) is 15.0 Å². The first kappa shape index (κ1) is 14.9. The van der Waals surface area contributed by atoms with Crippen LogP contribution < -0.4 is 10.5 Å². The molecule has 0 aromatic carbocycles. The van der Waals surface area contributed by atoms with Gasteiger partial charge >= 0.3 is 6.01 Å². The topological polar surface area (TPSA) is 128 Å². The summed E-state index contributed by atoms with van der Waals surface area (Å²) in [5.74, 6) is 0.161. The molecule has 0 saturated carbocycles. The number of nitrogens with zero attached hydrogens (tertiary/aromatic N) is 4. The van der Waals surface area contributed by atoms with Crippen molar-refractivity contribution in [2.45, 2.75) is 31.4 Å². The van der Waals surface area contributed by atoms with Crippen molar-refractivity contribution in [2.24, 2.45) is 0 Å². The normalized spacial score (nSPS) is 28.4. The Bertz CT molecular complexity index is 681. The number of anilines is 1. The van der Waals surface area contributed by atoms with Crippen LogP contribution in [0.4, 0.5) is 10.3 Å². The van der Waals surface area contributed by atoms with Crippen LogP contribution in [-0.2, 0) is 4.74 Å². The third-order valence-electron chi connectivity index (χ3n) is 3.40. The lowest BCUT2D eigenvalue weighted by Crippen LogP contribution is -2.30. The zero-order valence-corrected chi connectivity index (χ0v) is 11.8. The van der Waals surface area contributed by atoms with Crippen LogP contribution in [0.2, 0.25) is 0 Å². The molecule has 0 unspecified atom stereocenters. The van der Waals surface area contributed by atoms with Crippen LogP contribution in [0, 0.1) is 0 Å². The highest BCUT2D eigenvalue weighted by atomic mass is 19.1. The lowest BCUT2D eigenvalue weighted by molar-refractivity contribution is -0.0235. The fourth-order valence-electron chi connectivity index (χ4n) is 2.37. The van der Waals surface area contributed by atoms with Gasteiger partial charge < -0.3 is 25.4 Å². The predicted octanol–water partition coefficient (Wildman–Crippen LogP) is -0.764. The van der Waals surface area contributed by atoms with E-state index in [1.165, 1.54) is 10.6 Å². The zero-order chi connectivity index (χ0) is 15.9. The van der Waals surface area contributed by atoms with Gasteiger partial charge in [-0.15, -0.1) is 0 Å². The number of halogens is 1.